The van der Waals surface area contributed by atoms with Gasteiger partial charge in [0, 0.05) is 24.7 Å². The van der Waals surface area contributed by atoms with E-state index in [0.717, 1.165) is 19.3 Å². The third kappa shape index (κ3) is 31.4. The zero-order chi connectivity index (χ0) is 27.8. The molecule has 0 aromatic heterocycles. The molecule has 0 spiro atoms. The van der Waals surface area contributed by atoms with Crippen LogP contribution in [-0.4, -0.2) is 45.9 Å². The van der Waals surface area contributed by atoms with Crippen LogP contribution in [0.3, 0.4) is 0 Å². The van der Waals surface area contributed by atoms with Gasteiger partial charge in [-0.2, -0.15) is 0 Å². The quantitative estimate of drug-likeness (QED) is 0.187. The van der Waals surface area contributed by atoms with Gasteiger partial charge in [0.15, 0.2) is 0 Å². The van der Waals surface area contributed by atoms with E-state index in [1.807, 2.05) is 0 Å². The van der Waals surface area contributed by atoms with E-state index < -0.39 is 18.0 Å². The third-order valence-corrected chi connectivity index (χ3v) is 4.93. The van der Waals surface area contributed by atoms with Crippen molar-refractivity contribution in [2.45, 2.75) is 118 Å². The largest absolute Gasteiger partial charge is 0.481 e. The Kier molecular flexibility index (Phi) is 25.8. The molecule has 0 radical (unpaired) electrons. The first kappa shape index (κ1) is 36.9. The van der Waals surface area contributed by atoms with E-state index in [0.29, 0.717) is 6.42 Å². The van der Waals surface area contributed by atoms with Crippen molar-refractivity contribution < 1.29 is 34.2 Å². The molecule has 0 aliphatic rings. The molecule has 0 fully saturated rings. The van der Waals surface area contributed by atoms with E-state index in [1.165, 1.54) is 38.5 Å². The van der Waals surface area contributed by atoms with Gasteiger partial charge in [-0.05, 0) is 12.8 Å². The van der Waals surface area contributed by atoms with Crippen molar-refractivity contribution in [3.63, 3.8) is 0 Å². The Hall–Kier alpha value is -2.65. The summed E-state index contributed by atoms with van der Waals surface area (Å²) < 4.78 is 0. The number of nitrogens with one attached hydrogen (secondary N) is 1. The summed E-state index contributed by atoms with van der Waals surface area (Å²) in [5, 5.41) is 19.9. The molecule has 0 heterocycles. The van der Waals surface area contributed by atoms with E-state index in [1.54, 1.807) is 27.7 Å². The van der Waals surface area contributed by atoms with Crippen LogP contribution in [0.15, 0.2) is 0 Å². The van der Waals surface area contributed by atoms with Crippen LogP contribution in [0.25, 0.3) is 0 Å². The number of rotatable bonds is 17. The highest BCUT2D eigenvalue weighted by Gasteiger charge is 2.20. The van der Waals surface area contributed by atoms with Crippen LogP contribution in [0.1, 0.15) is 112 Å². The SMILES string of the molecule is CC(C)C(N)=O.CC(C)C(N)=O.CCCCCCCCCCCC(=O)N[C@@H](CCC(=O)O)C(=O)O. The summed E-state index contributed by atoms with van der Waals surface area (Å²) in [6, 6.07) is -1.11. The van der Waals surface area contributed by atoms with Crippen molar-refractivity contribution in [1.29, 1.82) is 0 Å². The van der Waals surface area contributed by atoms with E-state index in [4.69, 9.17) is 21.7 Å². The molecule has 0 aromatic rings. The predicted octanol–water partition coefficient (Wildman–Crippen LogP) is 3.60. The first-order valence-corrected chi connectivity index (χ1v) is 12.6. The minimum absolute atomic E-state index is 0.00926. The Bertz CT molecular complexity index is 590. The maximum atomic E-state index is 11.7. The summed E-state index contributed by atoms with van der Waals surface area (Å²) in [5.41, 5.74) is 9.59. The van der Waals surface area contributed by atoms with Crippen molar-refractivity contribution in [3.8, 4) is 0 Å². The van der Waals surface area contributed by atoms with Gasteiger partial charge in [-0.3, -0.25) is 19.2 Å². The van der Waals surface area contributed by atoms with E-state index in [2.05, 4.69) is 12.2 Å². The van der Waals surface area contributed by atoms with Crippen LogP contribution in [-0.2, 0) is 24.0 Å². The molecular formula is C25H49N3O7. The first-order valence-electron chi connectivity index (χ1n) is 12.6. The van der Waals surface area contributed by atoms with Gasteiger partial charge >= 0.3 is 11.9 Å². The molecule has 0 unspecified atom stereocenters. The van der Waals surface area contributed by atoms with Gasteiger partial charge in [0.25, 0.3) is 0 Å². The maximum Gasteiger partial charge on any atom is 0.326 e. The second-order valence-corrected chi connectivity index (χ2v) is 9.08. The lowest BCUT2D eigenvalue weighted by molar-refractivity contribution is -0.143. The van der Waals surface area contributed by atoms with Gasteiger partial charge in [-0.25, -0.2) is 4.79 Å². The Morgan fingerprint density at radius 2 is 1.06 bits per heavy atom. The lowest BCUT2D eigenvalue weighted by Crippen LogP contribution is -2.41. The fourth-order valence-electron chi connectivity index (χ4n) is 2.39. The molecule has 0 rings (SSSR count). The molecule has 0 aliphatic carbocycles. The smallest absolute Gasteiger partial charge is 0.326 e. The van der Waals surface area contributed by atoms with E-state index >= 15 is 0 Å². The second kappa shape index (κ2) is 24.5. The molecule has 10 heteroatoms. The van der Waals surface area contributed by atoms with Gasteiger partial charge in [-0.1, -0.05) is 86.0 Å². The van der Waals surface area contributed by atoms with Gasteiger partial charge < -0.3 is 27.0 Å². The molecule has 10 nitrogen and oxygen atoms in total. The molecule has 7 N–H and O–H groups in total. The van der Waals surface area contributed by atoms with Crippen LogP contribution in [0.2, 0.25) is 0 Å². The van der Waals surface area contributed by atoms with Crippen LogP contribution in [0, 0.1) is 11.8 Å². The lowest BCUT2D eigenvalue weighted by Gasteiger charge is -2.13. The maximum absolute atomic E-state index is 11.7. The predicted molar refractivity (Wildman–Crippen MR) is 136 cm³/mol. The minimum Gasteiger partial charge on any atom is -0.481 e. The Balaban J connectivity index is -0.000000697. The van der Waals surface area contributed by atoms with Crippen LogP contribution in [0.5, 0.6) is 0 Å². The zero-order valence-corrected chi connectivity index (χ0v) is 22.3. The first-order chi connectivity index (χ1) is 16.3. The van der Waals surface area contributed by atoms with Crippen molar-refractivity contribution in [3.05, 3.63) is 0 Å². The number of hydrogen-bond acceptors (Lipinski definition) is 5. The standard InChI is InChI=1S/C17H31NO5.2C4H9NO/c1-2-3-4-5-6-7-8-9-10-11-15(19)18-14(17(22)23)12-13-16(20)21;2*1-3(2)4(5)6/h14H,2-13H2,1H3,(H,18,19)(H,20,21)(H,22,23);2*3H,1-2H3,(H2,5,6)/t14-;;/m0../s1. The molecule has 1 atom stereocenters. The third-order valence-electron chi connectivity index (χ3n) is 4.93. The summed E-state index contributed by atoms with van der Waals surface area (Å²) in [4.78, 5) is 53.0. The number of hydrogen-bond donors (Lipinski definition) is 5. The highest BCUT2D eigenvalue weighted by Crippen LogP contribution is 2.10. The molecule has 0 bridgehead atoms. The fourth-order valence-corrected chi connectivity index (χ4v) is 2.39. The molecule has 35 heavy (non-hydrogen) atoms. The number of carbonyl (C=O) groups is 5. The minimum atomic E-state index is -1.19. The average Bonchev–Trinajstić information content (AvgIpc) is 2.75. The Morgan fingerprint density at radius 3 is 1.37 bits per heavy atom. The van der Waals surface area contributed by atoms with Gasteiger partial charge in [-0.15, -0.1) is 0 Å². The topological polar surface area (TPSA) is 190 Å². The van der Waals surface area contributed by atoms with Gasteiger partial charge in [0.05, 0.1) is 0 Å². The number of amides is 3. The summed E-state index contributed by atoms with van der Waals surface area (Å²) in [7, 11) is 0. The van der Waals surface area contributed by atoms with Crippen molar-refractivity contribution >= 4 is 29.7 Å². The van der Waals surface area contributed by atoms with Crippen LogP contribution in [0.4, 0.5) is 0 Å². The number of carboxylic acids is 2. The number of primary amides is 2. The second-order valence-electron chi connectivity index (χ2n) is 9.08. The monoisotopic (exact) mass is 503 g/mol. The molecule has 3 amide bonds. The Labute approximate surface area is 210 Å². The fraction of sp³-hybridized carbons (Fsp3) is 0.800. The summed E-state index contributed by atoms with van der Waals surface area (Å²) in [5.74, 6) is -3.07. The molecule has 0 saturated heterocycles. The van der Waals surface area contributed by atoms with Crippen molar-refractivity contribution in [2.24, 2.45) is 23.3 Å². The average molecular weight is 504 g/mol. The highest BCUT2D eigenvalue weighted by atomic mass is 16.4. The van der Waals surface area contributed by atoms with Crippen LogP contribution < -0.4 is 16.8 Å². The summed E-state index contributed by atoms with van der Waals surface area (Å²) in [6.45, 7) is 9.26. The lowest BCUT2D eigenvalue weighted by atomic mass is 10.1. The van der Waals surface area contributed by atoms with E-state index in [-0.39, 0.29) is 42.4 Å². The number of carbonyl (C=O) groups excluding carboxylic acids is 3. The molecule has 0 aromatic carbocycles. The highest BCUT2D eigenvalue weighted by molar-refractivity contribution is 5.83. The number of aliphatic carboxylic acids is 2. The zero-order valence-electron chi connectivity index (χ0n) is 22.3. The normalized spacial score (nSPS) is 10.9. The number of carboxylic acid groups (broad SMARTS) is 2. The van der Waals surface area contributed by atoms with Crippen molar-refractivity contribution in [1.82, 2.24) is 5.32 Å². The summed E-state index contributed by atoms with van der Waals surface area (Å²) >= 11 is 0. The van der Waals surface area contributed by atoms with Crippen LogP contribution >= 0.6 is 0 Å². The number of nitrogens with two attached hydrogens (primary N) is 2. The van der Waals surface area contributed by atoms with Gasteiger partial charge in [0.2, 0.25) is 17.7 Å². The Morgan fingerprint density at radius 1 is 0.686 bits per heavy atom. The molecule has 0 aliphatic heterocycles. The molecular weight excluding hydrogens is 454 g/mol. The van der Waals surface area contributed by atoms with E-state index in [9.17, 15) is 24.0 Å². The molecule has 206 valence electrons. The van der Waals surface area contributed by atoms with Crippen molar-refractivity contribution in [2.75, 3.05) is 0 Å². The molecule has 0 saturated carbocycles. The van der Waals surface area contributed by atoms with Gasteiger partial charge in [0.1, 0.15) is 6.04 Å². The number of unbranched alkanes of at least 4 members (excludes halogenated alkanes) is 8. The summed E-state index contributed by atoms with van der Waals surface area (Å²) in [6.07, 6.45) is 10.3.